The van der Waals surface area contributed by atoms with Crippen molar-refractivity contribution in [2.75, 3.05) is 10.0 Å². The van der Waals surface area contributed by atoms with Crippen LogP contribution in [0, 0.1) is 13.8 Å². The molecule has 0 fully saturated rings. The topological polar surface area (TPSA) is 75.3 Å². The monoisotopic (exact) mass is 490 g/mol. The summed E-state index contributed by atoms with van der Waals surface area (Å²) in [4.78, 5) is 13.0. The summed E-state index contributed by atoms with van der Waals surface area (Å²) in [7, 11) is -4.01. The molecule has 0 radical (unpaired) electrons. The first kappa shape index (κ1) is 22.4. The highest BCUT2D eigenvalue weighted by atomic mass is 35.5. The lowest BCUT2D eigenvalue weighted by atomic mass is 10.0. The SMILES string of the molecule is Cc1ccc(C)c(NS(=O)(=O)c2cc(C(=O)Nc3ccc4c5c(cccc35)CC4)ccc2Cl)c1. The Labute approximate surface area is 203 Å². The average molecular weight is 491 g/mol. The van der Waals surface area contributed by atoms with Gasteiger partial charge in [0.15, 0.2) is 0 Å². The molecule has 1 aliphatic rings. The minimum atomic E-state index is -4.01. The van der Waals surface area contributed by atoms with Gasteiger partial charge in [-0.25, -0.2) is 8.42 Å². The summed E-state index contributed by atoms with van der Waals surface area (Å²) in [5, 5.41) is 5.17. The van der Waals surface area contributed by atoms with Gasteiger partial charge in [-0.3, -0.25) is 9.52 Å². The van der Waals surface area contributed by atoms with Crippen LogP contribution in [0.5, 0.6) is 0 Å². The van der Waals surface area contributed by atoms with Gasteiger partial charge in [0.25, 0.3) is 15.9 Å². The molecule has 0 atom stereocenters. The summed E-state index contributed by atoms with van der Waals surface area (Å²) in [6.07, 6.45) is 1.99. The molecule has 0 bridgehead atoms. The number of amides is 1. The highest BCUT2D eigenvalue weighted by molar-refractivity contribution is 7.92. The number of anilines is 2. The molecule has 4 aromatic rings. The van der Waals surface area contributed by atoms with Gasteiger partial charge in [0.2, 0.25) is 0 Å². The van der Waals surface area contributed by atoms with Crippen LogP contribution >= 0.6 is 11.6 Å². The van der Waals surface area contributed by atoms with Gasteiger partial charge in [-0.15, -0.1) is 0 Å². The maximum atomic E-state index is 13.1. The number of rotatable bonds is 5. The molecule has 0 saturated heterocycles. The van der Waals surface area contributed by atoms with E-state index >= 15 is 0 Å². The van der Waals surface area contributed by atoms with Crippen molar-refractivity contribution >= 4 is 49.7 Å². The molecule has 4 aromatic carbocycles. The molecule has 5 nitrogen and oxygen atoms in total. The Bertz CT molecular complexity index is 1570. The Morgan fingerprint density at radius 1 is 0.882 bits per heavy atom. The van der Waals surface area contributed by atoms with Gasteiger partial charge in [-0.2, -0.15) is 0 Å². The fraction of sp³-hybridized carbons (Fsp3) is 0.148. The fourth-order valence-electron chi connectivity index (χ4n) is 4.45. The lowest BCUT2D eigenvalue weighted by Gasteiger charge is -2.14. The Balaban J connectivity index is 1.47. The number of carbonyl (C=O) groups excluding carboxylic acids is 1. The minimum absolute atomic E-state index is 0.0414. The zero-order valence-electron chi connectivity index (χ0n) is 18.8. The van der Waals surface area contributed by atoms with Gasteiger partial charge in [0, 0.05) is 16.6 Å². The summed E-state index contributed by atoms with van der Waals surface area (Å²) < 4.78 is 28.9. The molecular weight excluding hydrogens is 468 g/mol. The number of carbonyl (C=O) groups is 1. The molecule has 172 valence electrons. The van der Waals surface area contributed by atoms with E-state index in [0.717, 1.165) is 29.4 Å². The maximum absolute atomic E-state index is 13.1. The van der Waals surface area contributed by atoms with Crippen molar-refractivity contribution in [1.29, 1.82) is 0 Å². The van der Waals surface area contributed by atoms with Gasteiger partial charge in [-0.05, 0) is 84.7 Å². The molecule has 1 aliphatic carbocycles. The van der Waals surface area contributed by atoms with Gasteiger partial charge in [0.05, 0.1) is 10.7 Å². The second kappa shape index (κ2) is 8.46. The number of halogens is 1. The molecule has 1 amide bonds. The van der Waals surface area contributed by atoms with Crippen LogP contribution in [0.15, 0.2) is 71.6 Å². The molecule has 0 aliphatic heterocycles. The number of sulfonamides is 1. The normalized spacial score (nSPS) is 12.7. The van der Waals surface area contributed by atoms with Crippen molar-refractivity contribution in [2.24, 2.45) is 0 Å². The predicted octanol–water partition coefficient (Wildman–Crippen LogP) is 6.26. The van der Waals surface area contributed by atoms with Crippen LogP contribution in [0.3, 0.4) is 0 Å². The van der Waals surface area contributed by atoms with Crippen LogP contribution in [0.2, 0.25) is 5.02 Å². The van der Waals surface area contributed by atoms with E-state index in [2.05, 4.69) is 16.1 Å². The molecule has 7 heteroatoms. The first-order valence-corrected chi connectivity index (χ1v) is 12.8. The molecule has 0 unspecified atom stereocenters. The molecule has 0 aromatic heterocycles. The van der Waals surface area contributed by atoms with Gasteiger partial charge >= 0.3 is 0 Å². The molecule has 0 saturated carbocycles. The zero-order chi connectivity index (χ0) is 24.0. The summed E-state index contributed by atoms with van der Waals surface area (Å²) >= 11 is 6.25. The number of hydrogen-bond acceptors (Lipinski definition) is 3. The van der Waals surface area contributed by atoms with E-state index in [4.69, 9.17) is 11.6 Å². The second-order valence-corrected chi connectivity index (χ2v) is 10.7. The summed E-state index contributed by atoms with van der Waals surface area (Å²) in [5.74, 6) is -0.404. The third kappa shape index (κ3) is 4.04. The Kier molecular flexibility index (Phi) is 5.58. The van der Waals surface area contributed by atoms with Crippen LogP contribution in [0.1, 0.15) is 32.6 Å². The van der Waals surface area contributed by atoms with Crippen molar-refractivity contribution < 1.29 is 13.2 Å². The largest absolute Gasteiger partial charge is 0.321 e. The van der Waals surface area contributed by atoms with Gasteiger partial charge in [-0.1, -0.05) is 48.0 Å². The van der Waals surface area contributed by atoms with Crippen molar-refractivity contribution in [3.05, 3.63) is 99.6 Å². The molecule has 2 N–H and O–H groups in total. The van der Waals surface area contributed by atoms with Crippen LogP contribution in [-0.4, -0.2) is 14.3 Å². The number of nitrogens with one attached hydrogen (secondary N) is 2. The Morgan fingerprint density at radius 2 is 1.65 bits per heavy atom. The van der Waals surface area contributed by atoms with E-state index in [0.29, 0.717) is 11.4 Å². The minimum Gasteiger partial charge on any atom is -0.321 e. The quantitative estimate of drug-likeness (QED) is 0.346. The van der Waals surface area contributed by atoms with E-state index in [-0.39, 0.29) is 15.5 Å². The van der Waals surface area contributed by atoms with Crippen LogP contribution in [-0.2, 0) is 22.9 Å². The molecule has 0 heterocycles. The van der Waals surface area contributed by atoms with E-state index < -0.39 is 15.9 Å². The Hall–Kier alpha value is -3.35. The summed E-state index contributed by atoms with van der Waals surface area (Å²) in [6.45, 7) is 3.70. The van der Waals surface area contributed by atoms with E-state index in [1.165, 1.54) is 34.7 Å². The second-order valence-electron chi connectivity index (χ2n) is 8.64. The summed E-state index contributed by atoms with van der Waals surface area (Å²) in [6, 6.07) is 19.8. The van der Waals surface area contributed by atoms with Gasteiger partial charge < -0.3 is 5.32 Å². The first-order chi connectivity index (χ1) is 16.2. The molecule has 34 heavy (non-hydrogen) atoms. The van der Waals surface area contributed by atoms with Crippen LogP contribution in [0.25, 0.3) is 10.8 Å². The average Bonchev–Trinajstić information content (AvgIpc) is 3.23. The third-order valence-corrected chi connectivity index (χ3v) is 8.09. The zero-order valence-corrected chi connectivity index (χ0v) is 20.3. The number of benzene rings is 4. The Morgan fingerprint density at radius 3 is 2.44 bits per heavy atom. The van der Waals surface area contributed by atoms with Gasteiger partial charge in [0.1, 0.15) is 4.90 Å². The first-order valence-electron chi connectivity index (χ1n) is 11.0. The summed E-state index contributed by atoms with van der Waals surface area (Å²) in [5.41, 5.74) is 5.63. The van der Waals surface area contributed by atoms with E-state index in [1.807, 2.05) is 50.2 Å². The van der Waals surface area contributed by atoms with Crippen molar-refractivity contribution in [1.82, 2.24) is 0 Å². The molecular formula is C27H23ClN2O3S. The highest BCUT2D eigenvalue weighted by Crippen LogP contribution is 2.35. The lowest BCUT2D eigenvalue weighted by Crippen LogP contribution is -2.17. The van der Waals surface area contributed by atoms with E-state index in [1.54, 1.807) is 6.07 Å². The smallest absolute Gasteiger partial charge is 0.263 e. The van der Waals surface area contributed by atoms with Crippen LogP contribution in [0.4, 0.5) is 11.4 Å². The molecule has 0 spiro atoms. The van der Waals surface area contributed by atoms with Crippen LogP contribution < -0.4 is 10.0 Å². The van der Waals surface area contributed by atoms with E-state index in [9.17, 15) is 13.2 Å². The fourth-order valence-corrected chi connectivity index (χ4v) is 6.09. The van der Waals surface area contributed by atoms with Crippen molar-refractivity contribution in [3.8, 4) is 0 Å². The number of hydrogen-bond donors (Lipinski definition) is 2. The standard InChI is InChI=1S/C27H23ClN2O3S/c1-16-6-7-17(2)24(14-16)30-34(32,33)25-15-20(10-12-22(25)28)27(31)29-23-13-11-19-9-8-18-4-3-5-21(23)26(18)19/h3-7,10-15,30H,8-9H2,1-2H3,(H,29,31). The maximum Gasteiger partial charge on any atom is 0.263 e. The highest BCUT2D eigenvalue weighted by Gasteiger charge is 2.22. The molecule has 5 rings (SSSR count). The van der Waals surface area contributed by atoms with Crippen molar-refractivity contribution in [3.63, 3.8) is 0 Å². The predicted molar refractivity (Wildman–Crippen MR) is 137 cm³/mol. The lowest BCUT2D eigenvalue weighted by molar-refractivity contribution is 0.102. The third-order valence-electron chi connectivity index (χ3n) is 6.25. The van der Waals surface area contributed by atoms with Crippen molar-refractivity contribution in [2.45, 2.75) is 31.6 Å². The number of aryl methyl sites for hydroxylation is 4.